The molecule has 0 spiro atoms. The molecule has 0 radical (unpaired) electrons. The third-order valence-corrected chi connectivity index (χ3v) is 3.81. The zero-order valence-electron chi connectivity index (χ0n) is 14.8. The molecule has 0 aliphatic heterocycles. The molecule has 3 aromatic rings. The summed E-state index contributed by atoms with van der Waals surface area (Å²) >= 11 is 0. The Morgan fingerprint density at radius 2 is 2.00 bits per heavy atom. The van der Waals surface area contributed by atoms with Crippen LogP contribution in [0.15, 0.2) is 70.1 Å². The first-order valence-electron chi connectivity index (χ1n) is 8.45. The number of carbonyl (C=O) groups is 2. The fourth-order valence-electron chi connectivity index (χ4n) is 2.39. The second-order valence-corrected chi connectivity index (χ2v) is 5.97. The van der Waals surface area contributed by atoms with Crippen molar-refractivity contribution in [3.63, 3.8) is 0 Å². The van der Waals surface area contributed by atoms with E-state index in [0.29, 0.717) is 24.5 Å². The van der Waals surface area contributed by atoms with Crippen LogP contribution in [0.25, 0.3) is 0 Å². The van der Waals surface area contributed by atoms with E-state index in [0.717, 1.165) is 11.3 Å². The summed E-state index contributed by atoms with van der Waals surface area (Å²) in [6.07, 6.45) is 4.33. The highest BCUT2D eigenvalue weighted by atomic mass is 16.5. The van der Waals surface area contributed by atoms with Gasteiger partial charge in [-0.25, -0.2) is 0 Å². The van der Waals surface area contributed by atoms with Crippen LogP contribution in [0.5, 0.6) is 0 Å². The van der Waals surface area contributed by atoms with Gasteiger partial charge in [-0.1, -0.05) is 12.1 Å². The minimum atomic E-state index is -0.703. The van der Waals surface area contributed by atoms with Gasteiger partial charge in [-0.05, 0) is 42.8 Å². The van der Waals surface area contributed by atoms with E-state index in [1.807, 2.05) is 24.3 Å². The molecule has 7 nitrogen and oxygen atoms in total. The van der Waals surface area contributed by atoms with Crippen molar-refractivity contribution in [2.75, 3.05) is 5.32 Å². The lowest BCUT2D eigenvalue weighted by molar-refractivity contribution is -0.117. The van der Waals surface area contributed by atoms with Gasteiger partial charge in [0.1, 0.15) is 24.7 Å². The summed E-state index contributed by atoms with van der Waals surface area (Å²) in [7, 11) is 0. The molecule has 1 unspecified atom stereocenters. The first-order chi connectivity index (χ1) is 13.1. The molecule has 0 aliphatic carbocycles. The Kier molecular flexibility index (Phi) is 6.06. The predicted octanol–water partition coefficient (Wildman–Crippen LogP) is 3.35. The zero-order chi connectivity index (χ0) is 19.1. The summed E-state index contributed by atoms with van der Waals surface area (Å²) in [4.78, 5) is 24.3. The van der Waals surface area contributed by atoms with Gasteiger partial charge >= 0.3 is 0 Å². The van der Waals surface area contributed by atoms with E-state index in [1.54, 1.807) is 25.3 Å². The Morgan fingerprint density at radius 3 is 2.74 bits per heavy atom. The Bertz CT molecular complexity index is 872. The second kappa shape index (κ2) is 8.86. The molecule has 2 heterocycles. The van der Waals surface area contributed by atoms with Crippen LogP contribution in [0, 0.1) is 0 Å². The fraction of sp³-hybridized carbons (Fsp3) is 0.200. The number of hydrogen-bond donors (Lipinski definition) is 2. The maximum absolute atomic E-state index is 12.3. The van der Waals surface area contributed by atoms with Crippen molar-refractivity contribution >= 4 is 17.5 Å². The third kappa shape index (κ3) is 5.32. The van der Waals surface area contributed by atoms with Crippen molar-refractivity contribution in [2.24, 2.45) is 0 Å². The van der Waals surface area contributed by atoms with Gasteiger partial charge in [-0.15, -0.1) is 0 Å². The van der Waals surface area contributed by atoms with Crippen molar-refractivity contribution in [3.8, 4) is 0 Å². The monoisotopic (exact) mass is 368 g/mol. The van der Waals surface area contributed by atoms with Crippen LogP contribution >= 0.6 is 0 Å². The van der Waals surface area contributed by atoms with Crippen molar-refractivity contribution in [1.29, 1.82) is 0 Å². The van der Waals surface area contributed by atoms with Gasteiger partial charge in [0, 0.05) is 5.69 Å². The van der Waals surface area contributed by atoms with Gasteiger partial charge in [0.25, 0.3) is 5.91 Å². The fourth-order valence-corrected chi connectivity index (χ4v) is 2.39. The Balaban J connectivity index is 1.50. The van der Waals surface area contributed by atoms with Crippen LogP contribution in [0.3, 0.4) is 0 Å². The van der Waals surface area contributed by atoms with Gasteiger partial charge in [0.05, 0.1) is 24.7 Å². The molecule has 1 aromatic carbocycles. The van der Waals surface area contributed by atoms with Crippen LogP contribution in [0.4, 0.5) is 5.69 Å². The predicted molar refractivity (Wildman–Crippen MR) is 97.9 cm³/mol. The first kappa shape index (κ1) is 18.5. The van der Waals surface area contributed by atoms with E-state index in [9.17, 15) is 9.59 Å². The van der Waals surface area contributed by atoms with E-state index < -0.39 is 6.04 Å². The summed E-state index contributed by atoms with van der Waals surface area (Å²) in [6.45, 7) is 2.38. The number of rotatable bonds is 8. The maximum atomic E-state index is 12.3. The first-order valence-corrected chi connectivity index (χ1v) is 8.45. The number of benzene rings is 1. The molecule has 0 bridgehead atoms. The SMILES string of the molecule is CC(NC(=O)c1ccoc1)C(=O)Nc1cccc(COCc2ccco2)c1. The van der Waals surface area contributed by atoms with Gasteiger partial charge in [0.15, 0.2) is 0 Å². The average Bonchev–Trinajstić information content (AvgIpc) is 3.36. The van der Waals surface area contributed by atoms with Gasteiger partial charge < -0.3 is 24.2 Å². The van der Waals surface area contributed by atoms with Gasteiger partial charge in [0.2, 0.25) is 5.91 Å². The number of nitrogens with one attached hydrogen (secondary N) is 2. The highest BCUT2D eigenvalue weighted by Gasteiger charge is 2.17. The van der Waals surface area contributed by atoms with E-state index in [-0.39, 0.29) is 11.8 Å². The molecule has 1 atom stereocenters. The molecule has 27 heavy (non-hydrogen) atoms. The number of ether oxygens (including phenoxy) is 1. The quantitative estimate of drug-likeness (QED) is 0.636. The third-order valence-electron chi connectivity index (χ3n) is 3.81. The van der Waals surface area contributed by atoms with Crippen LogP contribution in [0.1, 0.15) is 28.6 Å². The van der Waals surface area contributed by atoms with Crippen molar-refractivity contribution in [3.05, 3.63) is 78.1 Å². The van der Waals surface area contributed by atoms with E-state index in [4.69, 9.17) is 13.6 Å². The molecule has 0 aliphatic rings. The van der Waals surface area contributed by atoms with Crippen molar-refractivity contribution < 1.29 is 23.2 Å². The van der Waals surface area contributed by atoms with Crippen LogP contribution < -0.4 is 10.6 Å². The van der Waals surface area contributed by atoms with Crippen LogP contribution in [0.2, 0.25) is 0 Å². The van der Waals surface area contributed by atoms with E-state index in [1.165, 1.54) is 18.6 Å². The highest BCUT2D eigenvalue weighted by molar-refractivity contribution is 6.00. The second-order valence-electron chi connectivity index (χ2n) is 5.97. The molecule has 2 amide bonds. The van der Waals surface area contributed by atoms with Crippen LogP contribution in [-0.2, 0) is 22.7 Å². The standard InChI is InChI=1S/C20H20N2O5/c1-14(21-20(24)16-7-9-25-12-16)19(23)22-17-5-2-4-15(10-17)11-26-13-18-6-3-8-27-18/h2-10,12,14H,11,13H2,1H3,(H,21,24)(H,22,23). The van der Waals surface area contributed by atoms with E-state index >= 15 is 0 Å². The topological polar surface area (TPSA) is 93.7 Å². The Morgan fingerprint density at radius 1 is 1.11 bits per heavy atom. The summed E-state index contributed by atoms with van der Waals surface area (Å²) in [5, 5.41) is 5.41. The summed E-state index contributed by atoms with van der Waals surface area (Å²) in [6, 6.07) is 11.8. The molecular weight excluding hydrogens is 348 g/mol. The molecule has 3 rings (SSSR count). The Labute approximate surface area is 156 Å². The molecule has 140 valence electrons. The summed E-state index contributed by atoms with van der Waals surface area (Å²) in [5.74, 6) is 0.0635. The van der Waals surface area contributed by atoms with Crippen molar-refractivity contribution in [2.45, 2.75) is 26.2 Å². The zero-order valence-corrected chi connectivity index (χ0v) is 14.8. The summed E-state index contributed by atoms with van der Waals surface area (Å²) in [5.41, 5.74) is 1.91. The normalized spacial score (nSPS) is 11.7. The van der Waals surface area contributed by atoms with E-state index in [2.05, 4.69) is 10.6 Å². The Hall–Kier alpha value is -3.32. The minimum absolute atomic E-state index is 0.319. The molecule has 2 aromatic heterocycles. The van der Waals surface area contributed by atoms with Gasteiger partial charge in [-0.3, -0.25) is 9.59 Å². The number of anilines is 1. The smallest absolute Gasteiger partial charge is 0.255 e. The van der Waals surface area contributed by atoms with Gasteiger partial charge in [-0.2, -0.15) is 0 Å². The molecule has 0 fully saturated rings. The molecule has 0 saturated heterocycles. The highest BCUT2D eigenvalue weighted by Crippen LogP contribution is 2.13. The largest absolute Gasteiger partial charge is 0.472 e. The minimum Gasteiger partial charge on any atom is -0.472 e. The number of furan rings is 2. The summed E-state index contributed by atoms with van der Waals surface area (Å²) < 4.78 is 15.7. The number of hydrogen-bond acceptors (Lipinski definition) is 5. The maximum Gasteiger partial charge on any atom is 0.255 e. The molecule has 2 N–H and O–H groups in total. The molecular formula is C20H20N2O5. The average molecular weight is 368 g/mol. The lowest BCUT2D eigenvalue weighted by Crippen LogP contribution is -2.41. The van der Waals surface area contributed by atoms with Crippen LogP contribution in [-0.4, -0.2) is 17.9 Å². The molecule has 7 heteroatoms. The number of amides is 2. The lowest BCUT2D eigenvalue weighted by Gasteiger charge is -2.14. The molecule has 0 saturated carbocycles. The number of carbonyl (C=O) groups excluding carboxylic acids is 2. The van der Waals surface area contributed by atoms with Crippen molar-refractivity contribution in [1.82, 2.24) is 5.32 Å². The lowest BCUT2D eigenvalue weighted by atomic mass is 10.2.